The first-order valence-corrected chi connectivity index (χ1v) is 11.8. The molecule has 1 fully saturated rings. The molecule has 32 heavy (non-hydrogen) atoms. The summed E-state index contributed by atoms with van der Waals surface area (Å²) in [6.07, 6.45) is 1.86. The topological polar surface area (TPSA) is 76.6 Å². The number of nitrogens with zero attached hydrogens (tertiary/aromatic N) is 4. The summed E-state index contributed by atoms with van der Waals surface area (Å²) in [5.41, 5.74) is 12.6. The highest BCUT2D eigenvalue weighted by molar-refractivity contribution is 8.14. The smallest absolute Gasteiger partial charge is 0.155 e. The predicted octanol–water partition coefficient (Wildman–Crippen LogP) is 4.13. The van der Waals surface area contributed by atoms with E-state index in [1.807, 2.05) is 31.3 Å². The number of morpholine rings is 1. The van der Waals surface area contributed by atoms with E-state index in [4.69, 9.17) is 20.4 Å². The van der Waals surface area contributed by atoms with E-state index >= 15 is 0 Å². The minimum Gasteiger partial charge on any atom is -0.379 e. The second kappa shape index (κ2) is 9.40. The lowest BCUT2D eigenvalue weighted by Crippen LogP contribution is -2.35. The van der Waals surface area contributed by atoms with Crippen LogP contribution in [0.2, 0.25) is 0 Å². The summed E-state index contributed by atoms with van der Waals surface area (Å²) in [5, 5.41) is 0.676. The maximum Gasteiger partial charge on any atom is 0.155 e. The Morgan fingerprint density at radius 3 is 2.69 bits per heavy atom. The zero-order valence-electron chi connectivity index (χ0n) is 18.1. The Labute approximate surface area is 192 Å². The van der Waals surface area contributed by atoms with Gasteiger partial charge in [0, 0.05) is 37.1 Å². The van der Waals surface area contributed by atoms with Crippen LogP contribution in [-0.2, 0) is 11.3 Å². The zero-order valence-corrected chi connectivity index (χ0v) is 19.0. The zero-order chi connectivity index (χ0) is 21.9. The fraction of sp³-hybridized carbons (Fsp3) is 0.320. The predicted molar refractivity (Wildman–Crippen MR) is 129 cm³/mol. The number of nitrogens with two attached hydrogens (primary N) is 1. The van der Waals surface area contributed by atoms with Crippen molar-refractivity contribution in [2.75, 3.05) is 26.3 Å². The lowest BCUT2D eigenvalue weighted by atomic mass is 9.99. The normalized spacial score (nSPS) is 21.5. The van der Waals surface area contributed by atoms with Crippen molar-refractivity contribution in [2.24, 2.45) is 10.7 Å². The standard InChI is InChI=1S/C25H27N5OS/c1-17-3-2-4-21(28-17)24-23(29-25(26)32-24)20-9-10-27-22(15-20)19-7-5-18(6-8-19)16-30-11-13-31-14-12-30/h2-10,15,23-24H,11-14,16H2,1H3,(H2,26,29). The molecule has 2 aliphatic heterocycles. The van der Waals surface area contributed by atoms with E-state index in [2.05, 4.69) is 46.3 Å². The van der Waals surface area contributed by atoms with Gasteiger partial charge in [0.2, 0.25) is 0 Å². The van der Waals surface area contributed by atoms with Gasteiger partial charge in [0.15, 0.2) is 5.17 Å². The molecule has 2 aromatic heterocycles. The quantitative estimate of drug-likeness (QED) is 0.636. The Morgan fingerprint density at radius 1 is 1.09 bits per heavy atom. The van der Waals surface area contributed by atoms with Crippen LogP contribution in [0.1, 0.15) is 33.8 Å². The third kappa shape index (κ3) is 4.70. The largest absolute Gasteiger partial charge is 0.379 e. The number of aromatic nitrogens is 2. The summed E-state index contributed by atoms with van der Waals surface area (Å²) in [6, 6.07) is 18.9. The van der Waals surface area contributed by atoms with Gasteiger partial charge < -0.3 is 10.5 Å². The molecule has 1 aromatic carbocycles. The second-order valence-electron chi connectivity index (χ2n) is 8.21. The van der Waals surface area contributed by atoms with Crippen LogP contribution in [0.25, 0.3) is 11.3 Å². The number of rotatable bonds is 5. The number of thioether (sulfide) groups is 1. The second-order valence-corrected chi connectivity index (χ2v) is 9.38. The maximum atomic E-state index is 6.13. The Balaban J connectivity index is 1.37. The summed E-state index contributed by atoms with van der Waals surface area (Å²) >= 11 is 1.58. The molecule has 0 spiro atoms. The number of pyridine rings is 2. The summed E-state index contributed by atoms with van der Waals surface area (Å²) in [6.45, 7) is 6.59. The average Bonchev–Trinajstić information content (AvgIpc) is 3.22. The van der Waals surface area contributed by atoms with Crippen molar-refractivity contribution in [2.45, 2.75) is 24.8 Å². The summed E-state index contributed by atoms with van der Waals surface area (Å²) < 4.78 is 5.44. The third-order valence-electron chi connectivity index (χ3n) is 5.89. The van der Waals surface area contributed by atoms with Crippen molar-refractivity contribution in [3.8, 4) is 11.3 Å². The molecule has 3 aromatic rings. The molecule has 164 valence electrons. The number of hydrogen-bond acceptors (Lipinski definition) is 7. The van der Waals surface area contributed by atoms with Gasteiger partial charge in [-0.05, 0) is 42.3 Å². The lowest BCUT2D eigenvalue weighted by molar-refractivity contribution is 0.0342. The van der Waals surface area contributed by atoms with E-state index in [-0.39, 0.29) is 11.3 Å². The van der Waals surface area contributed by atoms with Crippen LogP contribution in [0.3, 0.4) is 0 Å². The molecular weight excluding hydrogens is 418 g/mol. The Kier molecular flexibility index (Phi) is 6.21. The van der Waals surface area contributed by atoms with E-state index in [1.165, 1.54) is 5.56 Å². The number of ether oxygens (including phenoxy) is 1. The Hall–Kier alpha value is -2.74. The van der Waals surface area contributed by atoms with Gasteiger partial charge in [-0.3, -0.25) is 19.9 Å². The fourth-order valence-electron chi connectivity index (χ4n) is 4.21. The van der Waals surface area contributed by atoms with Gasteiger partial charge in [-0.2, -0.15) is 0 Å². The highest BCUT2D eigenvalue weighted by Gasteiger charge is 2.33. The monoisotopic (exact) mass is 445 g/mol. The van der Waals surface area contributed by atoms with Gasteiger partial charge in [-0.1, -0.05) is 42.1 Å². The van der Waals surface area contributed by atoms with Crippen molar-refractivity contribution in [1.82, 2.24) is 14.9 Å². The van der Waals surface area contributed by atoms with Crippen LogP contribution in [0.15, 0.2) is 65.8 Å². The van der Waals surface area contributed by atoms with Gasteiger partial charge >= 0.3 is 0 Å². The summed E-state index contributed by atoms with van der Waals surface area (Å²) in [5.74, 6) is 0. The molecule has 2 N–H and O–H groups in total. The number of benzene rings is 1. The molecule has 0 saturated carbocycles. The van der Waals surface area contributed by atoms with Gasteiger partial charge in [0.25, 0.3) is 0 Å². The van der Waals surface area contributed by atoms with Crippen LogP contribution in [-0.4, -0.2) is 46.3 Å². The van der Waals surface area contributed by atoms with Crippen LogP contribution in [0.4, 0.5) is 0 Å². The molecule has 6 nitrogen and oxygen atoms in total. The van der Waals surface area contributed by atoms with Crippen molar-refractivity contribution in [3.63, 3.8) is 0 Å². The van der Waals surface area contributed by atoms with E-state index < -0.39 is 0 Å². The first-order chi connectivity index (χ1) is 15.7. The molecular formula is C25H27N5OS. The molecule has 1 saturated heterocycles. The van der Waals surface area contributed by atoms with E-state index in [0.717, 1.165) is 61.1 Å². The molecule has 0 amide bonds. The number of aliphatic imine (C=N–C) groups is 1. The minimum atomic E-state index is -0.0726. The van der Waals surface area contributed by atoms with Crippen molar-refractivity contribution in [1.29, 1.82) is 0 Å². The molecule has 5 rings (SSSR count). The Bertz CT molecular complexity index is 1110. The highest BCUT2D eigenvalue weighted by atomic mass is 32.2. The number of amidine groups is 1. The summed E-state index contributed by atoms with van der Waals surface area (Å²) in [7, 11) is 0. The average molecular weight is 446 g/mol. The van der Waals surface area contributed by atoms with Crippen molar-refractivity contribution in [3.05, 3.63) is 83.3 Å². The molecule has 0 bridgehead atoms. The lowest BCUT2D eigenvalue weighted by Gasteiger charge is -2.26. The Morgan fingerprint density at radius 2 is 1.91 bits per heavy atom. The number of aryl methyl sites for hydroxylation is 1. The van der Waals surface area contributed by atoms with Gasteiger partial charge in [-0.15, -0.1) is 0 Å². The molecule has 0 radical (unpaired) electrons. The van der Waals surface area contributed by atoms with Crippen LogP contribution < -0.4 is 5.73 Å². The fourth-order valence-corrected chi connectivity index (χ4v) is 5.24. The van der Waals surface area contributed by atoms with Crippen LogP contribution in [0, 0.1) is 6.92 Å². The minimum absolute atomic E-state index is 0.0704. The van der Waals surface area contributed by atoms with Gasteiger partial charge in [0.1, 0.15) is 0 Å². The molecule has 7 heteroatoms. The van der Waals surface area contributed by atoms with Gasteiger partial charge in [-0.25, -0.2) is 0 Å². The van der Waals surface area contributed by atoms with E-state index in [9.17, 15) is 0 Å². The van der Waals surface area contributed by atoms with Gasteiger partial charge in [0.05, 0.1) is 35.9 Å². The van der Waals surface area contributed by atoms with Crippen molar-refractivity contribution >= 4 is 16.9 Å². The van der Waals surface area contributed by atoms with Crippen molar-refractivity contribution < 1.29 is 4.74 Å². The summed E-state index contributed by atoms with van der Waals surface area (Å²) in [4.78, 5) is 16.5. The third-order valence-corrected chi connectivity index (χ3v) is 6.99. The first kappa shape index (κ1) is 21.1. The maximum absolute atomic E-state index is 6.13. The first-order valence-electron chi connectivity index (χ1n) is 10.9. The molecule has 0 aliphatic carbocycles. The van der Waals surface area contributed by atoms with E-state index in [0.29, 0.717) is 5.17 Å². The molecule has 2 atom stereocenters. The van der Waals surface area contributed by atoms with Crippen LogP contribution in [0.5, 0.6) is 0 Å². The SMILES string of the molecule is Cc1cccc(C2SC(N)=NC2c2ccnc(-c3ccc(CN4CCOCC4)cc3)c2)n1. The molecule has 4 heterocycles. The molecule has 2 unspecified atom stereocenters. The van der Waals surface area contributed by atoms with Crippen LogP contribution >= 0.6 is 11.8 Å². The molecule has 2 aliphatic rings. The highest BCUT2D eigenvalue weighted by Crippen LogP contribution is 2.47. The van der Waals surface area contributed by atoms with E-state index in [1.54, 1.807) is 11.8 Å². The number of hydrogen-bond donors (Lipinski definition) is 1.